The van der Waals surface area contributed by atoms with Crippen molar-refractivity contribution >= 4 is 5.91 Å². The van der Waals surface area contributed by atoms with Crippen LogP contribution in [0.25, 0.3) is 0 Å². The van der Waals surface area contributed by atoms with Crippen molar-refractivity contribution in [2.45, 2.75) is 37.8 Å². The maximum Gasteiger partial charge on any atom is 0.237 e. The van der Waals surface area contributed by atoms with E-state index >= 15 is 0 Å². The lowest BCUT2D eigenvalue weighted by atomic mass is 9.92. The average molecular weight is 322 g/mol. The van der Waals surface area contributed by atoms with Gasteiger partial charge in [0.25, 0.3) is 0 Å². The Kier molecular flexibility index (Phi) is 5.00. The fourth-order valence-corrected chi connectivity index (χ4v) is 3.82. The van der Waals surface area contributed by atoms with Crippen molar-refractivity contribution in [1.29, 1.82) is 0 Å². The molecule has 1 N–H and O–H groups in total. The van der Waals surface area contributed by atoms with E-state index in [1.165, 1.54) is 16.7 Å². The van der Waals surface area contributed by atoms with E-state index in [0.29, 0.717) is 5.92 Å². The molecule has 1 amide bonds. The SMILES string of the molecule is CCC(C(=O)NC1c2ccccc2CC1c1ccccc1)N(C)C. The third kappa shape index (κ3) is 3.22. The molecule has 0 heterocycles. The molecule has 3 rings (SSSR count). The van der Waals surface area contributed by atoms with Crippen molar-refractivity contribution in [3.05, 3.63) is 71.3 Å². The standard InChI is InChI=1S/C21H26N2O/c1-4-19(23(2)3)21(24)22-20-17-13-9-8-12-16(17)14-18(20)15-10-6-5-7-11-15/h5-13,18-20H,4,14H2,1-3H3,(H,22,24). The molecule has 1 aliphatic rings. The van der Waals surface area contributed by atoms with Crippen molar-refractivity contribution in [3.8, 4) is 0 Å². The minimum Gasteiger partial charge on any atom is -0.347 e. The predicted octanol–water partition coefficient (Wildman–Crippen LogP) is 3.52. The number of rotatable bonds is 5. The van der Waals surface area contributed by atoms with Crippen LogP contribution in [-0.2, 0) is 11.2 Å². The van der Waals surface area contributed by atoms with Crippen LogP contribution < -0.4 is 5.32 Å². The summed E-state index contributed by atoms with van der Waals surface area (Å²) in [6.45, 7) is 2.06. The number of amides is 1. The minimum absolute atomic E-state index is 0.0464. The highest BCUT2D eigenvalue weighted by Gasteiger charge is 2.35. The molecule has 0 spiro atoms. The molecular weight excluding hydrogens is 296 g/mol. The van der Waals surface area contributed by atoms with Gasteiger partial charge in [-0.3, -0.25) is 9.69 Å². The number of hydrogen-bond donors (Lipinski definition) is 1. The Morgan fingerprint density at radius 2 is 1.79 bits per heavy atom. The summed E-state index contributed by atoms with van der Waals surface area (Å²) in [6, 6.07) is 19.0. The Hall–Kier alpha value is -2.13. The molecule has 0 fully saturated rings. The molecule has 0 aliphatic heterocycles. The van der Waals surface area contributed by atoms with Gasteiger partial charge in [0.1, 0.15) is 0 Å². The monoisotopic (exact) mass is 322 g/mol. The van der Waals surface area contributed by atoms with E-state index in [2.05, 4.69) is 60.8 Å². The maximum atomic E-state index is 12.8. The van der Waals surface area contributed by atoms with Gasteiger partial charge in [-0.05, 0) is 43.6 Å². The van der Waals surface area contributed by atoms with Gasteiger partial charge in [-0.2, -0.15) is 0 Å². The second kappa shape index (κ2) is 7.18. The number of hydrogen-bond acceptors (Lipinski definition) is 2. The molecule has 1 aliphatic carbocycles. The Morgan fingerprint density at radius 3 is 2.46 bits per heavy atom. The second-order valence-corrected chi connectivity index (χ2v) is 6.79. The van der Waals surface area contributed by atoms with Gasteiger partial charge in [-0.25, -0.2) is 0 Å². The van der Waals surface area contributed by atoms with Crippen LogP contribution in [0.1, 0.15) is 42.0 Å². The number of benzene rings is 2. The summed E-state index contributed by atoms with van der Waals surface area (Å²) in [5.74, 6) is 0.414. The molecule has 0 radical (unpaired) electrons. The molecule has 0 saturated carbocycles. The topological polar surface area (TPSA) is 32.3 Å². The summed E-state index contributed by atoms with van der Waals surface area (Å²) in [7, 11) is 3.93. The van der Waals surface area contributed by atoms with Crippen LogP contribution in [0.3, 0.4) is 0 Å². The lowest BCUT2D eigenvalue weighted by Crippen LogP contribution is -2.45. The van der Waals surface area contributed by atoms with E-state index in [4.69, 9.17) is 0 Å². The predicted molar refractivity (Wildman–Crippen MR) is 98.0 cm³/mol. The first-order valence-electron chi connectivity index (χ1n) is 8.71. The van der Waals surface area contributed by atoms with Gasteiger partial charge < -0.3 is 5.32 Å². The molecule has 2 aromatic carbocycles. The van der Waals surface area contributed by atoms with E-state index in [9.17, 15) is 4.79 Å². The third-order valence-corrected chi connectivity index (χ3v) is 5.07. The number of nitrogens with one attached hydrogen (secondary N) is 1. The molecule has 3 nitrogen and oxygen atoms in total. The molecule has 0 bridgehead atoms. The summed E-state index contributed by atoms with van der Waals surface area (Å²) in [6.07, 6.45) is 1.78. The Balaban J connectivity index is 1.90. The highest BCUT2D eigenvalue weighted by molar-refractivity contribution is 5.82. The molecule has 126 valence electrons. The lowest BCUT2D eigenvalue weighted by Gasteiger charge is -2.27. The Bertz CT molecular complexity index is 696. The van der Waals surface area contributed by atoms with E-state index in [1.54, 1.807) is 0 Å². The van der Waals surface area contributed by atoms with Crippen LogP contribution in [0, 0.1) is 0 Å². The van der Waals surface area contributed by atoms with Crippen LogP contribution in [0.5, 0.6) is 0 Å². The Labute approximate surface area is 144 Å². The molecular formula is C21H26N2O. The van der Waals surface area contributed by atoms with Crippen molar-refractivity contribution in [3.63, 3.8) is 0 Å². The van der Waals surface area contributed by atoms with Gasteiger partial charge in [0, 0.05) is 5.92 Å². The first-order valence-corrected chi connectivity index (χ1v) is 8.71. The summed E-state index contributed by atoms with van der Waals surface area (Å²) in [4.78, 5) is 14.8. The van der Waals surface area contributed by atoms with Crippen molar-refractivity contribution < 1.29 is 4.79 Å². The number of nitrogens with zero attached hydrogens (tertiary/aromatic N) is 1. The van der Waals surface area contributed by atoms with Crippen LogP contribution >= 0.6 is 0 Å². The molecule has 3 heteroatoms. The zero-order chi connectivity index (χ0) is 17.1. The van der Waals surface area contributed by atoms with Gasteiger partial charge in [0.2, 0.25) is 5.91 Å². The van der Waals surface area contributed by atoms with Crippen LogP contribution in [-0.4, -0.2) is 30.9 Å². The minimum atomic E-state index is -0.0887. The maximum absolute atomic E-state index is 12.8. The molecule has 3 unspecified atom stereocenters. The Morgan fingerprint density at radius 1 is 1.12 bits per heavy atom. The highest BCUT2D eigenvalue weighted by Crippen LogP contribution is 2.42. The van der Waals surface area contributed by atoms with Crippen LogP contribution in [0.15, 0.2) is 54.6 Å². The number of carbonyl (C=O) groups is 1. The number of fused-ring (bicyclic) bond motifs is 1. The first-order chi connectivity index (χ1) is 11.6. The van der Waals surface area contributed by atoms with Crippen molar-refractivity contribution in [1.82, 2.24) is 10.2 Å². The molecule has 3 atom stereocenters. The van der Waals surface area contributed by atoms with Gasteiger partial charge in [0.15, 0.2) is 0 Å². The second-order valence-electron chi connectivity index (χ2n) is 6.79. The smallest absolute Gasteiger partial charge is 0.237 e. The van der Waals surface area contributed by atoms with E-state index in [0.717, 1.165) is 12.8 Å². The summed E-state index contributed by atoms with van der Waals surface area (Å²) >= 11 is 0. The summed E-state index contributed by atoms with van der Waals surface area (Å²) < 4.78 is 0. The van der Waals surface area contributed by atoms with Gasteiger partial charge in [-0.15, -0.1) is 0 Å². The van der Waals surface area contributed by atoms with E-state index in [-0.39, 0.29) is 18.0 Å². The van der Waals surface area contributed by atoms with Gasteiger partial charge in [0.05, 0.1) is 12.1 Å². The summed E-state index contributed by atoms with van der Waals surface area (Å²) in [5.41, 5.74) is 3.89. The van der Waals surface area contributed by atoms with Crippen molar-refractivity contribution in [2.75, 3.05) is 14.1 Å². The highest BCUT2D eigenvalue weighted by atomic mass is 16.2. The molecule has 0 aromatic heterocycles. The van der Waals surface area contributed by atoms with Crippen LogP contribution in [0.4, 0.5) is 0 Å². The molecule has 2 aromatic rings. The zero-order valence-corrected chi connectivity index (χ0v) is 14.7. The quantitative estimate of drug-likeness (QED) is 0.913. The summed E-state index contributed by atoms with van der Waals surface area (Å²) in [5, 5.41) is 3.34. The van der Waals surface area contributed by atoms with Crippen LogP contribution in [0.2, 0.25) is 0 Å². The fraction of sp³-hybridized carbons (Fsp3) is 0.381. The number of carbonyl (C=O) groups excluding carboxylic acids is 1. The van der Waals surface area contributed by atoms with Crippen molar-refractivity contribution in [2.24, 2.45) is 0 Å². The molecule has 0 saturated heterocycles. The largest absolute Gasteiger partial charge is 0.347 e. The number of likely N-dealkylation sites (N-methyl/N-ethyl adjacent to an activating group) is 1. The van der Waals surface area contributed by atoms with E-state index < -0.39 is 0 Å². The van der Waals surface area contributed by atoms with E-state index in [1.807, 2.05) is 25.1 Å². The normalized spacial score (nSPS) is 20.7. The fourth-order valence-electron chi connectivity index (χ4n) is 3.82. The first kappa shape index (κ1) is 16.7. The van der Waals surface area contributed by atoms with Gasteiger partial charge >= 0.3 is 0 Å². The van der Waals surface area contributed by atoms with Gasteiger partial charge in [-0.1, -0.05) is 61.5 Å². The zero-order valence-electron chi connectivity index (χ0n) is 14.7. The molecule has 24 heavy (non-hydrogen) atoms. The average Bonchev–Trinajstić information content (AvgIpc) is 2.95. The third-order valence-electron chi connectivity index (χ3n) is 5.07. The lowest BCUT2D eigenvalue weighted by molar-refractivity contribution is -0.126.